The second-order valence-electron chi connectivity index (χ2n) is 3.64. The van der Waals surface area contributed by atoms with Gasteiger partial charge >= 0.3 is 0 Å². The predicted molar refractivity (Wildman–Crippen MR) is 75.3 cm³/mol. The third-order valence-electron chi connectivity index (χ3n) is 2.30. The molecule has 0 spiro atoms. The topological polar surface area (TPSA) is 24.9 Å². The van der Waals surface area contributed by atoms with E-state index in [0.717, 1.165) is 25.3 Å². The van der Waals surface area contributed by atoms with Crippen molar-refractivity contribution in [2.24, 2.45) is 0 Å². The molecule has 0 bridgehead atoms. The molecule has 1 N–H and O–H groups in total. The number of nitrogens with one attached hydrogen (secondary N) is 1. The van der Waals surface area contributed by atoms with Crippen LogP contribution < -0.4 is 5.32 Å². The first kappa shape index (κ1) is 14.0. The van der Waals surface area contributed by atoms with Crippen molar-refractivity contribution in [2.75, 3.05) is 12.3 Å². The van der Waals surface area contributed by atoms with Gasteiger partial charge in [-0.1, -0.05) is 20.8 Å². The third kappa shape index (κ3) is 4.44. The molecule has 0 aliphatic heterocycles. The average molecular weight is 258 g/mol. The van der Waals surface area contributed by atoms with Gasteiger partial charge in [0.05, 0.1) is 5.69 Å². The molecule has 1 aromatic heterocycles. The number of hydrogen-bond acceptors (Lipinski definition) is 4. The van der Waals surface area contributed by atoms with E-state index >= 15 is 0 Å². The lowest BCUT2D eigenvalue weighted by Gasteiger charge is -2.01. The molecule has 16 heavy (non-hydrogen) atoms. The fraction of sp³-hybridized carbons (Fsp3) is 0.750. The Morgan fingerprint density at radius 3 is 2.75 bits per heavy atom. The van der Waals surface area contributed by atoms with E-state index in [1.54, 1.807) is 0 Å². The van der Waals surface area contributed by atoms with Crippen molar-refractivity contribution < 1.29 is 0 Å². The normalized spacial score (nSPS) is 10.9. The molecule has 0 saturated carbocycles. The second-order valence-corrected chi connectivity index (χ2v) is 6.09. The largest absolute Gasteiger partial charge is 0.312 e. The number of thioether (sulfide) groups is 1. The number of aryl methyl sites for hydroxylation is 1. The molecule has 0 atom stereocenters. The first-order chi connectivity index (χ1) is 7.81. The summed E-state index contributed by atoms with van der Waals surface area (Å²) in [6.07, 6.45) is 2.25. The molecule has 0 amide bonds. The van der Waals surface area contributed by atoms with Gasteiger partial charge in [-0.15, -0.1) is 11.3 Å². The molecule has 4 heteroatoms. The summed E-state index contributed by atoms with van der Waals surface area (Å²) in [6, 6.07) is 0. The number of hydrogen-bond donors (Lipinski definition) is 1. The minimum atomic E-state index is 0.992. The maximum Gasteiger partial charge on any atom is 0.103 e. The van der Waals surface area contributed by atoms with Crippen molar-refractivity contribution in [2.45, 2.75) is 45.9 Å². The Morgan fingerprint density at radius 2 is 2.12 bits per heavy atom. The molecule has 0 saturated heterocycles. The Balaban J connectivity index is 2.55. The quantitative estimate of drug-likeness (QED) is 0.723. The summed E-state index contributed by atoms with van der Waals surface area (Å²) in [6.45, 7) is 8.67. The van der Waals surface area contributed by atoms with Crippen molar-refractivity contribution in [1.82, 2.24) is 10.3 Å². The van der Waals surface area contributed by atoms with Crippen LogP contribution in [-0.2, 0) is 18.7 Å². The fourth-order valence-corrected chi connectivity index (χ4v) is 3.33. The second kappa shape index (κ2) is 8.09. The highest BCUT2D eigenvalue weighted by Gasteiger charge is 2.08. The summed E-state index contributed by atoms with van der Waals surface area (Å²) >= 11 is 3.83. The third-order valence-corrected chi connectivity index (χ3v) is 4.47. The van der Waals surface area contributed by atoms with Crippen LogP contribution in [0.2, 0.25) is 0 Å². The Kier molecular flexibility index (Phi) is 7.08. The zero-order valence-corrected chi connectivity index (χ0v) is 12.1. The molecule has 0 unspecified atom stereocenters. The summed E-state index contributed by atoms with van der Waals surface area (Å²) < 4.78 is 0. The van der Waals surface area contributed by atoms with E-state index in [0.29, 0.717) is 0 Å². The van der Waals surface area contributed by atoms with Crippen LogP contribution in [0.3, 0.4) is 0 Å². The van der Waals surface area contributed by atoms with E-state index in [-0.39, 0.29) is 0 Å². The van der Waals surface area contributed by atoms with Crippen LogP contribution in [0, 0.1) is 0 Å². The van der Waals surface area contributed by atoms with Crippen LogP contribution in [-0.4, -0.2) is 17.3 Å². The summed E-state index contributed by atoms with van der Waals surface area (Å²) in [5, 5.41) is 4.75. The van der Waals surface area contributed by atoms with Crippen molar-refractivity contribution in [3.8, 4) is 0 Å². The number of thiazole rings is 1. The lowest BCUT2D eigenvalue weighted by molar-refractivity contribution is 0.676. The number of nitrogens with zero attached hydrogens (tertiary/aromatic N) is 1. The van der Waals surface area contributed by atoms with E-state index in [9.17, 15) is 0 Å². The van der Waals surface area contributed by atoms with Crippen molar-refractivity contribution in [1.29, 1.82) is 0 Å². The van der Waals surface area contributed by atoms with E-state index in [2.05, 4.69) is 26.1 Å². The number of rotatable bonds is 8. The van der Waals surface area contributed by atoms with Gasteiger partial charge in [-0.25, -0.2) is 4.98 Å². The fourth-order valence-electron chi connectivity index (χ4n) is 1.48. The van der Waals surface area contributed by atoms with Gasteiger partial charge in [-0.2, -0.15) is 11.8 Å². The summed E-state index contributed by atoms with van der Waals surface area (Å²) in [5.41, 5.74) is 1.29. The summed E-state index contributed by atoms with van der Waals surface area (Å²) in [4.78, 5) is 6.14. The molecule has 0 radical (unpaired) electrons. The molecule has 0 aliphatic rings. The van der Waals surface area contributed by atoms with Gasteiger partial charge in [0.1, 0.15) is 5.01 Å². The summed E-state index contributed by atoms with van der Waals surface area (Å²) in [7, 11) is 0. The minimum Gasteiger partial charge on any atom is -0.312 e. The van der Waals surface area contributed by atoms with Crippen molar-refractivity contribution in [3.05, 3.63) is 15.6 Å². The van der Waals surface area contributed by atoms with Gasteiger partial charge in [-0.3, -0.25) is 0 Å². The maximum absolute atomic E-state index is 4.70. The first-order valence-electron chi connectivity index (χ1n) is 6.07. The molecular weight excluding hydrogens is 236 g/mol. The van der Waals surface area contributed by atoms with Crippen molar-refractivity contribution >= 4 is 23.1 Å². The zero-order chi connectivity index (χ0) is 11.8. The lowest BCUT2D eigenvalue weighted by atomic mass is 10.3. The van der Waals surface area contributed by atoms with Crippen LogP contribution in [0.25, 0.3) is 0 Å². The smallest absolute Gasteiger partial charge is 0.103 e. The van der Waals surface area contributed by atoms with Crippen LogP contribution in [0.1, 0.15) is 42.8 Å². The molecule has 1 aromatic rings. The zero-order valence-electron chi connectivity index (χ0n) is 10.5. The predicted octanol–water partition coefficient (Wildman–Crippen LogP) is 3.46. The Morgan fingerprint density at radius 1 is 1.31 bits per heavy atom. The first-order valence-corrected chi connectivity index (χ1v) is 8.04. The van der Waals surface area contributed by atoms with Gasteiger partial charge in [0, 0.05) is 17.2 Å². The average Bonchev–Trinajstić information content (AvgIpc) is 2.69. The highest BCUT2D eigenvalue weighted by atomic mass is 32.2. The van der Waals surface area contributed by atoms with Gasteiger partial charge in [-0.05, 0) is 25.1 Å². The van der Waals surface area contributed by atoms with Gasteiger partial charge < -0.3 is 5.32 Å². The maximum atomic E-state index is 4.70. The molecule has 0 aromatic carbocycles. The Labute approximate surface area is 107 Å². The van der Waals surface area contributed by atoms with Crippen LogP contribution >= 0.6 is 23.1 Å². The van der Waals surface area contributed by atoms with E-state index in [1.807, 2.05) is 23.1 Å². The van der Waals surface area contributed by atoms with Gasteiger partial charge in [0.25, 0.3) is 0 Å². The Bertz CT molecular complexity index is 297. The Hall–Kier alpha value is -0.0600. The molecule has 0 aliphatic carbocycles. The standard InChI is InChI=1S/C12H22N2S2/c1-4-7-13-8-11-10(5-2)14-12(16-11)9-15-6-3/h13H,4-9H2,1-3H3. The van der Waals surface area contributed by atoms with Gasteiger partial charge in [0.2, 0.25) is 0 Å². The molecule has 92 valence electrons. The molecule has 0 fully saturated rings. The summed E-state index contributed by atoms with van der Waals surface area (Å²) in [5.74, 6) is 2.24. The molecule has 1 heterocycles. The van der Waals surface area contributed by atoms with Crippen LogP contribution in [0.15, 0.2) is 0 Å². The molecule has 1 rings (SSSR count). The minimum absolute atomic E-state index is 0.992. The number of aromatic nitrogens is 1. The van der Waals surface area contributed by atoms with E-state index < -0.39 is 0 Å². The molecule has 2 nitrogen and oxygen atoms in total. The SMILES string of the molecule is CCCNCc1sc(CSCC)nc1CC. The van der Waals surface area contributed by atoms with E-state index in [1.165, 1.54) is 27.8 Å². The highest BCUT2D eigenvalue weighted by Crippen LogP contribution is 2.22. The highest BCUT2D eigenvalue weighted by molar-refractivity contribution is 7.98. The molecular formula is C12H22N2S2. The lowest BCUT2D eigenvalue weighted by Crippen LogP contribution is -2.13. The van der Waals surface area contributed by atoms with Crippen LogP contribution in [0.5, 0.6) is 0 Å². The van der Waals surface area contributed by atoms with Gasteiger partial charge in [0.15, 0.2) is 0 Å². The monoisotopic (exact) mass is 258 g/mol. The van der Waals surface area contributed by atoms with E-state index in [4.69, 9.17) is 4.98 Å². The van der Waals surface area contributed by atoms with Crippen LogP contribution in [0.4, 0.5) is 0 Å². The van der Waals surface area contributed by atoms with Crippen molar-refractivity contribution in [3.63, 3.8) is 0 Å².